The Bertz CT molecular complexity index is 394. The molecule has 1 aromatic rings. The van der Waals surface area contributed by atoms with Crippen molar-refractivity contribution in [3.63, 3.8) is 0 Å². The molecule has 2 rings (SSSR count). The molecule has 1 aliphatic heterocycles. The van der Waals surface area contributed by atoms with Crippen molar-refractivity contribution >= 4 is 0 Å². The summed E-state index contributed by atoms with van der Waals surface area (Å²) in [5.74, 6) is 0. The molecule has 2 atom stereocenters. The van der Waals surface area contributed by atoms with Gasteiger partial charge in [0, 0.05) is 6.61 Å². The second-order valence-electron chi connectivity index (χ2n) is 5.85. The lowest BCUT2D eigenvalue weighted by atomic mass is 9.96. The Morgan fingerprint density at radius 3 is 2.89 bits per heavy atom. The van der Waals surface area contributed by atoms with E-state index in [0.29, 0.717) is 6.10 Å². The van der Waals surface area contributed by atoms with Gasteiger partial charge in [-0.3, -0.25) is 0 Å². The Hall–Kier alpha value is -0.860. The van der Waals surface area contributed by atoms with E-state index in [1.165, 1.54) is 29.5 Å². The van der Waals surface area contributed by atoms with Gasteiger partial charge in [-0.25, -0.2) is 0 Å². The lowest BCUT2D eigenvalue weighted by Gasteiger charge is -2.23. The predicted molar refractivity (Wildman–Crippen MR) is 78.5 cm³/mol. The monoisotopic (exact) mass is 262 g/mol. The highest BCUT2D eigenvalue weighted by molar-refractivity contribution is 5.30. The first-order valence-electron chi connectivity index (χ1n) is 7.51. The van der Waals surface area contributed by atoms with Crippen molar-refractivity contribution in [3.05, 3.63) is 34.9 Å². The smallest absolute Gasteiger partial charge is 0.0581 e. The fraction of sp³-hybridized carbons (Fsp3) is 0.647. The molecule has 1 fully saturated rings. The molecular weight excluding hydrogens is 236 g/mol. The molecule has 0 radical (unpaired) electrons. The molecule has 0 saturated carbocycles. The fourth-order valence-corrected chi connectivity index (χ4v) is 2.79. The molecular formula is C17H26O2. The van der Waals surface area contributed by atoms with E-state index in [0.717, 1.165) is 32.3 Å². The maximum absolute atomic E-state index is 10.2. The van der Waals surface area contributed by atoms with Gasteiger partial charge in [0.05, 0.1) is 12.2 Å². The Kier molecular flexibility index (Phi) is 5.41. The average Bonchev–Trinajstić information content (AvgIpc) is 2.42. The molecule has 106 valence electrons. The van der Waals surface area contributed by atoms with Crippen molar-refractivity contribution in [3.8, 4) is 0 Å². The molecule has 1 saturated heterocycles. The van der Waals surface area contributed by atoms with Gasteiger partial charge in [-0.1, -0.05) is 23.8 Å². The molecule has 0 spiro atoms. The second kappa shape index (κ2) is 7.06. The van der Waals surface area contributed by atoms with Gasteiger partial charge in [0.25, 0.3) is 0 Å². The van der Waals surface area contributed by atoms with Crippen molar-refractivity contribution in [2.45, 2.75) is 64.6 Å². The standard InChI is InChI=1S/C17H26O2/c1-13-6-7-14(2)15(11-13)12-16(18)8-9-17-5-3-4-10-19-17/h6-7,11,16-18H,3-5,8-10,12H2,1-2H3. The SMILES string of the molecule is Cc1ccc(C)c(CC(O)CCC2CCCCO2)c1. The van der Waals surface area contributed by atoms with Gasteiger partial charge in [-0.15, -0.1) is 0 Å². The molecule has 0 amide bonds. The molecule has 2 unspecified atom stereocenters. The van der Waals surface area contributed by atoms with Crippen molar-refractivity contribution < 1.29 is 9.84 Å². The minimum absolute atomic E-state index is 0.244. The summed E-state index contributed by atoms with van der Waals surface area (Å²) in [6.07, 6.45) is 6.37. The average molecular weight is 262 g/mol. The number of ether oxygens (including phenoxy) is 1. The minimum atomic E-state index is -0.244. The van der Waals surface area contributed by atoms with E-state index in [2.05, 4.69) is 32.0 Å². The fourth-order valence-electron chi connectivity index (χ4n) is 2.79. The number of hydrogen-bond acceptors (Lipinski definition) is 2. The van der Waals surface area contributed by atoms with Gasteiger partial charge in [-0.2, -0.15) is 0 Å². The highest BCUT2D eigenvalue weighted by Crippen LogP contribution is 2.20. The van der Waals surface area contributed by atoms with Gasteiger partial charge < -0.3 is 9.84 Å². The highest BCUT2D eigenvalue weighted by atomic mass is 16.5. The molecule has 1 aliphatic rings. The van der Waals surface area contributed by atoms with Crippen LogP contribution >= 0.6 is 0 Å². The van der Waals surface area contributed by atoms with Crippen molar-refractivity contribution in [2.24, 2.45) is 0 Å². The maximum atomic E-state index is 10.2. The topological polar surface area (TPSA) is 29.5 Å². The zero-order chi connectivity index (χ0) is 13.7. The molecule has 0 bridgehead atoms. The van der Waals surface area contributed by atoms with Crippen LogP contribution in [0.4, 0.5) is 0 Å². The van der Waals surface area contributed by atoms with Crippen LogP contribution in [0.15, 0.2) is 18.2 Å². The van der Waals surface area contributed by atoms with E-state index in [1.807, 2.05) is 0 Å². The van der Waals surface area contributed by atoms with E-state index in [1.54, 1.807) is 0 Å². The summed E-state index contributed by atoms with van der Waals surface area (Å²) in [4.78, 5) is 0. The number of aryl methyl sites for hydroxylation is 2. The highest BCUT2D eigenvalue weighted by Gasteiger charge is 2.16. The zero-order valence-corrected chi connectivity index (χ0v) is 12.2. The largest absolute Gasteiger partial charge is 0.393 e. The Morgan fingerprint density at radius 2 is 2.16 bits per heavy atom. The van der Waals surface area contributed by atoms with E-state index in [-0.39, 0.29) is 6.10 Å². The quantitative estimate of drug-likeness (QED) is 0.879. The number of rotatable bonds is 5. The number of aliphatic hydroxyl groups is 1. The van der Waals surface area contributed by atoms with Crippen molar-refractivity contribution in [2.75, 3.05) is 6.61 Å². The van der Waals surface area contributed by atoms with E-state index < -0.39 is 0 Å². The van der Waals surface area contributed by atoms with Crippen LogP contribution in [0.2, 0.25) is 0 Å². The van der Waals surface area contributed by atoms with Crippen LogP contribution in [0.1, 0.15) is 48.8 Å². The predicted octanol–water partition coefficient (Wildman–Crippen LogP) is 3.56. The van der Waals surface area contributed by atoms with Crippen LogP contribution in [0.25, 0.3) is 0 Å². The first kappa shape index (κ1) is 14.5. The van der Waals surface area contributed by atoms with Gasteiger partial charge in [0.15, 0.2) is 0 Å². The van der Waals surface area contributed by atoms with Crippen molar-refractivity contribution in [1.29, 1.82) is 0 Å². The summed E-state index contributed by atoms with van der Waals surface area (Å²) in [5.41, 5.74) is 3.82. The summed E-state index contributed by atoms with van der Waals surface area (Å²) < 4.78 is 5.71. The number of benzene rings is 1. The van der Waals surface area contributed by atoms with Crippen LogP contribution in [-0.2, 0) is 11.2 Å². The molecule has 19 heavy (non-hydrogen) atoms. The normalized spacial score (nSPS) is 21.3. The summed E-state index contributed by atoms with van der Waals surface area (Å²) >= 11 is 0. The van der Waals surface area contributed by atoms with E-state index in [9.17, 15) is 5.11 Å². The first-order chi connectivity index (χ1) is 9.15. The van der Waals surface area contributed by atoms with Crippen LogP contribution in [0, 0.1) is 13.8 Å². The molecule has 1 aromatic carbocycles. The van der Waals surface area contributed by atoms with E-state index >= 15 is 0 Å². The lowest BCUT2D eigenvalue weighted by Crippen LogP contribution is -2.22. The van der Waals surface area contributed by atoms with Crippen LogP contribution in [-0.4, -0.2) is 23.9 Å². The third kappa shape index (κ3) is 4.63. The number of aliphatic hydroxyl groups excluding tert-OH is 1. The lowest BCUT2D eigenvalue weighted by molar-refractivity contribution is 0.00233. The molecule has 1 heterocycles. The maximum Gasteiger partial charge on any atom is 0.0581 e. The van der Waals surface area contributed by atoms with Crippen LogP contribution in [0.3, 0.4) is 0 Å². The summed E-state index contributed by atoms with van der Waals surface area (Å²) in [7, 11) is 0. The van der Waals surface area contributed by atoms with Gasteiger partial charge in [-0.05, 0) is 63.5 Å². The number of hydrogen-bond donors (Lipinski definition) is 1. The summed E-state index contributed by atoms with van der Waals surface area (Å²) in [5, 5.41) is 10.2. The third-order valence-corrected chi connectivity index (χ3v) is 4.06. The van der Waals surface area contributed by atoms with Gasteiger partial charge in [0.2, 0.25) is 0 Å². The Morgan fingerprint density at radius 1 is 1.32 bits per heavy atom. The Balaban J connectivity index is 1.80. The summed E-state index contributed by atoms with van der Waals surface area (Å²) in [6.45, 7) is 5.12. The zero-order valence-electron chi connectivity index (χ0n) is 12.2. The minimum Gasteiger partial charge on any atom is -0.393 e. The second-order valence-corrected chi connectivity index (χ2v) is 5.85. The summed E-state index contributed by atoms with van der Waals surface area (Å²) in [6, 6.07) is 6.46. The van der Waals surface area contributed by atoms with Crippen LogP contribution < -0.4 is 0 Å². The molecule has 2 heteroatoms. The van der Waals surface area contributed by atoms with E-state index in [4.69, 9.17) is 4.74 Å². The van der Waals surface area contributed by atoms with Crippen LogP contribution in [0.5, 0.6) is 0 Å². The third-order valence-electron chi connectivity index (χ3n) is 4.06. The van der Waals surface area contributed by atoms with Crippen molar-refractivity contribution in [1.82, 2.24) is 0 Å². The molecule has 1 N–H and O–H groups in total. The van der Waals surface area contributed by atoms with Gasteiger partial charge >= 0.3 is 0 Å². The first-order valence-corrected chi connectivity index (χ1v) is 7.51. The molecule has 0 aromatic heterocycles. The molecule has 0 aliphatic carbocycles. The van der Waals surface area contributed by atoms with Gasteiger partial charge in [0.1, 0.15) is 0 Å². The Labute approximate surface area is 116 Å². The molecule has 2 nitrogen and oxygen atoms in total.